The van der Waals surface area contributed by atoms with Crippen LogP contribution in [0.4, 0.5) is 5.69 Å². The van der Waals surface area contributed by atoms with Crippen molar-refractivity contribution < 1.29 is 4.79 Å². The van der Waals surface area contributed by atoms with Gasteiger partial charge in [-0.25, -0.2) is 4.98 Å². The number of nitrogens with one attached hydrogen (secondary N) is 2. The first-order valence-electron chi connectivity index (χ1n) is 5.96. The van der Waals surface area contributed by atoms with E-state index in [-0.39, 0.29) is 11.4 Å². The normalized spacial score (nSPS) is 11.4. The molecule has 0 saturated heterocycles. The fourth-order valence-corrected chi connectivity index (χ4v) is 1.62. The molecule has 0 aliphatic carbocycles. The van der Waals surface area contributed by atoms with Crippen LogP contribution < -0.4 is 10.6 Å². The molecular weight excluding hydrogens is 250 g/mol. The summed E-state index contributed by atoms with van der Waals surface area (Å²) < 4.78 is 0. The minimum atomic E-state index is -0.0287. The van der Waals surface area contributed by atoms with Crippen LogP contribution in [-0.2, 0) is 4.79 Å². The Bertz CT molecular complexity index is 427. The summed E-state index contributed by atoms with van der Waals surface area (Å²) in [6.45, 7) is 8.67. The number of carbonyl (C=O) groups is 1. The zero-order valence-electron chi connectivity index (χ0n) is 11.3. The SMILES string of the molecule is Cc1nc(Cl)ccc1NC(=O)CCNC(C)(C)C. The summed E-state index contributed by atoms with van der Waals surface area (Å²) in [5.41, 5.74) is 1.46. The molecule has 1 amide bonds. The highest BCUT2D eigenvalue weighted by Crippen LogP contribution is 2.15. The molecule has 1 aromatic heterocycles. The van der Waals surface area contributed by atoms with Crippen molar-refractivity contribution in [3.05, 3.63) is 23.0 Å². The van der Waals surface area contributed by atoms with Crippen LogP contribution in [0.5, 0.6) is 0 Å². The molecule has 0 fully saturated rings. The van der Waals surface area contributed by atoms with E-state index in [4.69, 9.17) is 11.6 Å². The molecule has 0 aliphatic rings. The van der Waals surface area contributed by atoms with E-state index in [2.05, 4.69) is 36.4 Å². The van der Waals surface area contributed by atoms with Crippen LogP contribution in [0.25, 0.3) is 0 Å². The zero-order valence-corrected chi connectivity index (χ0v) is 12.1. The summed E-state index contributed by atoms with van der Waals surface area (Å²) in [7, 11) is 0. The molecule has 5 heteroatoms. The maximum atomic E-state index is 11.7. The maximum Gasteiger partial charge on any atom is 0.225 e. The smallest absolute Gasteiger partial charge is 0.225 e. The molecule has 4 nitrogen and oxygen atoms in total. The summed E-state index contributed by atoms with van der Waals surface area (Å²) in [4.78, 5) is 15.8. The van der Waals surface area contributed by atoms with E-state index in [0.717, 1.165) is 5.69 Å². The van der Waals surface area contributed by atoms with Gasteiger partial charge in [0.1, 0.15) is 5.15 Å². The van der Waals surface area contributed by atoms with E-state index in [9.17, 15) is 4.79 Å². The third-order valence-corrected chi connectivity index (χ3v) is 2.54. The molecule has 0 spiro atoms. The summed E-state index contributed by atoms with van der Waals surface area (Å²) >= 11 is 5.75. The fraction of sp³-hybridized carbons (Fsp3) is 0.538. The summed E-state index contributed by atoms with van der Waals surface area (Å²) in [6, 6.07) is 3.43. The number of rotatable bonds is 4. The highest BCUT2D eigenvalue weighted by Gasteiger charge is 2.10. The summed E-state index contributed by atoms with van der Waals surface area (Å²) in [5.74, 6) is -0.0287. The van der Waals surface area contributed by atoms with Gasteiger partial charge in [0.2, 0.25) is 5.91 Å². The lowest BCUT2D eigenvalue weighted by molar-refractivity contribution is -0.116. The van der Waals surface area contributed by atoms with E-state index in [1.54, 1.807) is 12.1 Å². The van der Waals surface area contributed by atoms with Crippen molar-refractivity contribution in [1.82, 2.24) is 10.3 Å². The third kappa shape index (κ3) is 5.47. The second kappa shape index (κ2) is 6.16. The number of anilines is 1. The Kier molecular flexibility index (Phi) is 5.11. The van der Waals surface area contributed by atoms with Crippen molar-refractivity contribution in [1.29, 1.82) is 0 Å². The van der Waals surface area contributed by atoms with Crippen LogP contribution in [0.3, 0.4) is 0 Å². The standard InChI is InChI=1S/C13H20ClN3O/c1-9-10(5-6-11(14)16-9)17-12(18)7-8-15-13(2,3)4/h5-6,15H,7-8H2,1-4H3,(H,17,18). The molecule has 0 atom stereocenters. The number of carbonyl (C=O) groups excluding carboxylic acids is 1. The predicted octanol–water partition coefficient (Wildman–Crippen LogP) is 2.76. The van der Waals surface area contributed by atoms with Gasteiger partial charge >= 0.3 is 0 Å². The van der Waals surface area contributed by atoms with Gasteiger partial charge in [-0.15, -0.1) is 0 Å². The van der Waals surface area contributed by atoms with Crippen molar-refractivity contribution in [2.75, 3.05) is 11.9 Å². The highest BCUT2D eigenvalue weighted by atomic mass is 35.5. The number of hydrogen-bond acceptors (Lipinski definition) is 3. The Morgan fingerprint density at radius 1 is 1.39 bits per heavy atom. The Labute approximate surface area is 113 Å². The van der Waals surface area contributed by atoms with Crippen LogP contribution in [0, 0.1) is 6.92 Å². The predicted molar refractivity (Wildman–Crippen MR) is 75.0 cm³/mol. The molecule has 0 saturated carbocycles. The van der Waals surface area contributed by atoms with Gasteiger partial charge in [0.15, 0.2) is 0 Å². The Morgan fingerprint density at radius 2 is 2.06 bits per heavy atom. The second-order valence-electron chi connectivity index (χ2n) is 5.24. The van der Waals surface area contributed by atoms with Gasteiger partial charge in [0.05, 0.1) is 11.4 Å². The van der Waals surface area contributed by atoms with Crippen molar-refractivity contribution >= 4 is 23.2 Å². The number of aryl methyl sites for hydroxylation is 1. The topological polar surface area (TPSA) is 54.0 Å². The monoisotopic (exact) mass is 269 g/mol. The van der Waals surface area contributed by atoms with Crippen LogP contribution >= 0.6 is 11.6 Å². The van der Waals surface area contributed by atoms with Crippen molar-refractivity contribution in [2.24, 2.45) is 0 Å². The van der Waals surface area contributed by atoms with Crippen molar-refractivity contribution in [3.63, 3.8) is 0 Å². The van der Waals surface area contributed by atoms with E-state index in [1.807, 2.05) is 6.92 Å². The van der Waals surface area contributed by atoms with Crippen molar-refractivity contribution in [2.45, 2.75) is 39.7 Å². The number of halogens is 1. The van der Waals surface area contributed by atoms with Gasteiger partial charge in [-0.3, -0.25) is 4.79 Å². The molecule has 1 rings (SSSR count). The molecule has 0 aromatic carbocycles. The van der Waals surface area contributed by atoms with Gasteiger partial charge in [0.25, 0.3) is 0 Å². The first-order valence-corrected chi connectivity index (χ1v) is 6.34. The molecule has 0 aliphatic heterocycles. The fourth-order valence-electron chi connectivity index (χ4n) is 1.43. The zero-order chi connectivity index (χ0) is 13.8. The molecule has 0 radical (unpaired) electrons. The lowest BCUT2D eigenvalue weighted by Crippen LogP contribution is -2.37. The van der Waals surface area contributed by atoms with Gasteiger partial charge in [0, 0.05) is 18.5 Å². The molecule has 2 N–H and O–H groups in total. The van der Waals surface area contributed by atoms with Gasteiger partial charge in [-0.05, 0) is 39.8 Å². The van der Waals surface area contributed by atoms with Gasteiger partial charge in [-0.2, -0.15) is 0 Å². The third-order valence-electron chi connectivity index (χ3n) is 2.33. The average molecular weight is 270 g/mol. The molecule has 1 heterocycles. The average Bonchev–Trinajstić information content (AvgIpc) is 2.20. The Hall–Kier alpha value is -1.13. The number of nitrogens with zero attached hydrogens (tertiary/aromatic N) is 1. The Morgan fingerprint density at radius 3 is 2.61 bits per heavy atom. The molecule has 100 valence electrons. The molecular formula is C13H20ClN3O. The highest BCUT2D eigenvalue weighted by molar-refractivity contribution is 6.29. The molecule has 0 bridgehead atoms. The van der Waals surface area contributed by atoms with E-state index in [0.29, 0.717) is 23.8 Å². The number of amides is 1. The van der Waals surface area contributed by atoms with E-state index >= 15 is 0 Å². The summed E-state index contributed by atoms with van der Waals surface area (Å²) in [6.07, 6.45) is 0.430. The van der Waals surface area contributed by atoms with Gasteiger partial charge < -0.3 is 10.6 Å². The minimum Gasteiger partial charge on any atom is -0.324 e. The number of aromatic nitrogens is 1. The molecule has 1 aromatic rings. The molecule has 18 heavy (non-hydrogen) atoms. The Balaban J connectivity index is 2.45. The minimum absolute atomic E-state index is 0.0258. The van der Waals surface area contributed by atoms with Crippen LogP contribution in [-0.4, -0.2) is 23.0 Å². The quantitative estimate of drug-likeness (QED) is 0.827. The summed E-state index contributed by atoms with van der Waals surface area (Å²) in [5, 5.41) is 6.52. The molecule has 0 unspecified atom stereocenters. The second-order valence-corrected chi connectivity index (χ2v) is 5.63. The lowest BCUT2D eigenvalue weighted by atomic mass is 10.1. The lowest BCUT2D eigenvalue weighted by Gasteiger charge is -2.20. The van der Waals surface area contributed by atoms with Crippen LogP contribution in [0.1, 0.15) is 32.9 Å². The van der Waals surface area contributed by atoms with E-state index in [1.165, 1.54) is 0 Å². The van der Waals surface area contributed by atoms with Crippen LogP contribution in [0.15, 0.2) is 12.1 Å². The first kappa shape index (κ1) is 14.9. The number of pyridine rings is 1. The first-order chi connectivity index (χ1) is 8.28. The van der Waals surface area contributed by atoms with Crippen LogP contribution in [0.2, 0.25) is 5.15 Å². The van der Waals surface area contributed by atoms with Gasteiger partial charge in [-0.1, -0.05) is 11.6 Å². The number of hydrogen-bond donors (Lipinski definition) is 2. The maximum absolute atomic E-state index is 11.7. The van der Waals surface area contributed by atoms with E-state index < -0.39 is 0 Å². The largest absolute Gasteiger partial charge is 0.324 e. The van der Waals surface area contributed by atoms with Crippen molar-refractivity contribution in [3.8, 4) is 0 Å².